The Kier molecular flexibility index (Phi) is 2.75. The zero-order chi connectivity index (χ0) is 9.84. The van der Waals surface area contributed by atoms with Gasteiger partial charge in [0.1, 0.15) is 0 Å². The molecule has 0 amide bonds. The molecule has 0 aromatic heterocycles. The molecule has 1 aromatic carbocycles. The van der Waals surface area contributed by atoms with Gasteiger partial charge in [-0.2, -0.15) is 0 Å². The van der Waals surface area contributed by atoms with Crippen LogP contribution in [0.25, 0.3) is 12.2 Å². The molecule has 0 atom stereocenters. The summed E-state index contributed by atoms with van der Waals surface area (Å²) < 4.78 is 0. The van der Waals surface area contributed by atoms with Gasteiger partial charge in [-0.25, -0.2) is 0 Å². The van der Waals surface area contributed by atoms with Gasteiger partial charge < -0.3 is 11.1 Å². The van der Waals surface area contributed by atoms with E-state index in [2.05, 4.69) is 18.5 Å². The third kappa shape index (κ3) is 1.56. The predicted octanol–water partition coefficient (Wildman–Crippen LogP) is 2.60. The topological polar surface area (TPSA) is 38.0 Å². The molecule has 2 heteroatoms. The average molecular weight is 174 g/mol. The molecule has 0 heterocycles. The van der Waals surface area contributed by atoms with Crippen LogP contribution in [0.4, 0.5) is 11.4 Å². The minimum Gasteiger partial charge on any atom is -0.398 e. The number of anilines is 2. The van der Waals surface area contributed by atoms with Gasteiger partial charge in [-0.05, 0) is 12.1 Å². The summed E-state index contributed by atoms with van der Waals surface area (Å²) in [5, 5.41) is 3.07. The summed E-state index contributed by atoms with van der Waals surface area (Å²) in [5.74, 6) is 0. The summed E-state index contributed by atoms with van der Waals surface area (Å²) >= 11 is 0. The highest BCUT2D eigenvalue weighted by Crippen LogP contribution is 2.26. The van der Waals surface area contributed by atoms with Gasteiger partial charge in [-0.1, -0.05) is 25.3 Å². The highest BCUT2D eigenvalue weighted by molar-refractivity contribution is 5.81. The number of hydrogen-bond acceptors (Lipinski definition) is 2. The molecule has 2 nitrogen and oxygen atoms in total. The largest absolute Gasteiger partial charge is 0.398 e. The van der Waals surface area contributed by atoms with Crippen molar-refractivity contribution in [2.24, 2.45) is 0 Å². The second-order valence-electron chi connectivity index (χ2n) is 2.69. The molecule has 0 bridgehead atoms. The van der Waals surface area contributed by atoms with E-state index in [1.165, 1.54) is 0 Å². The summed E-state index contributed by atoms with van der Waals surface area (Å²) in [6, 6.07) is 3.79. The van der Waals surface area contributed by atoms with E-state index >= 15 is 0 Å². The highest BCUT2D eigenvalue weighted by atomic mass is 14.8. The van der Waals surface area contributed by atoms with Crippen LogP contribution in [-0.4, -0.2) is 7.05 Å². The number of rotatable bonds is 3. The number of nitrogens with one attached hydrogen (secondary N) is 1. The summed E-state index contributed by atoms with van der Waals surface area (Å²) in [6.45, 7) is 7.47. The Morgan fingerprint density at radius 2 is 1.85 bits per heavy atom. The molecule has 0 saturated heterocycles. The first-order chi connectivity index (χ1) is 6.24. The van der Waals surface area contributed by atoms with Crippen LogP contribution < -0.4 is 11.1 Å². The van der Waals surface area contributed by atoms with Crippen molar-refractivity contribution in [2.75, 3.05) is 18.1 Å². The Morgan fingerprint density at radius 1 is 1.23 bits per heavy atom. The van der Waals surface area contributed by atoms with Crippen LogP contribution in [-0.2, 0) is 0 Å². The van der Waals surface area contributed by atoms with Crippen LogP contribution in [0.2, 0.25) is 0 Å². The maximum atomic E-state index is 5.78. The molecule has 1 aromatic rings. The normalized spacial score (nSPS) is 9.31. The molecule has 0 aliphatic carbocycles. The zero-order valence-electron chi connectivity index (χ0n) is 7.80. The fraction of sp³-hybridized carbons (Fsp3) is 0.0909. The van der Waals surface area contributed by atoms with Gasteiger partial charge in [0.25, 0.3) is 0 Å². The molecule has 0 fully saturated rings. The van der Waals surface area contributed by atoms with E-state index in [1.54, 1.807) is 12.2 Å². The maximum absolute atomic E-state index is 5.78. The second-order valence-corrected chi connectivity index (χ2v) is 2.69. The van der Waals surface area contributed by atoms with Crippen molar-refractivity contribution >= 4 is 23.5 Å². The second kappa shape index (κ2) is 3.81. The van der Waals surface area contributed by atoms with Crippen LogP contribution in [0.5, 0.6) is 0 Å². The van der Waals surface area contributed by atoms with Crippen LogP contribution in [0.3, 0.4) is 0 Å². The van der Waals surface area contributed by atoms with Crippen molar-refractivity contribution in [2.45, 2.75) is 0 Å². The van der Waals surface area contributed by atoms with Gasteiger partial charge in [0.05, 0.1) is 0 Å². The van der Waals surface area contributed by atoms with Crippen molar-refractivity contribution < 1.29 is 0 Å². The first-order valence-electron chi connectivity index (χ1n) is 4.09. The molecule has 0 radical (unpaired) electrons. The first kappa shape index (κ1) is 9.39. The number of nitrogens with two attached hydrogens (primary N) is 1. The molecule has 68 valence electrons. The highest BCUT2D eigenvalue weighted by Gasteiger charge is 2.04. The Labute approximate surface area is 78.8 Å². The average Bonchev–Trinajstić information content (AvgIpc) is 2.17. The van der Waals surface area contributed by atoms with E-state index < -0.39 is 0 Å². The van der Waals surface area contributed by atoms with Crippen molar-refractivity contribution in [1.29, 1.82) is 0 Å². The van der Waals surface area contributed by atoms with Gasteiger partial charge in [0.2, 0.25) is 0 Å². The number of hydrogen-bond donors (Lipinski definition) is 2. The molecule has 3 N–H and O–H groups in total. The monoisotopic (exact) mass is 174 g/mol. The van der Waals surface area contributed by atoms with E-state index in [0.717, 1.165) is 22.5 Å². The summed E-state index contributed by atoms with van der Waals surface area (Å²) in [5.41, 5.74) is 9.45. The lowest BCUT2D eigenvalue weighted by atomic mass is 10.0. The van der Waals surface area contributed by atoms with Gasteiger partial charge >= 0.3 is 0 Å². The van der Waals surface area contributed by atoms with E-state index in [9.17, 15) is 0 Å². The van der Waals surface area contributed by atoms with E-state index in [0.29, 0.717) is 0 Å². The van der Waals surface area contributed by atoms with Crippen LogP contribution >= 0.6 is 0 Å². The summed E-state index contributed by atoms with van der Waals surface area (Å²) in [6.07, 6.45) is 3.52. The van der Waals surface area contributed by atoms with Gasteiger partial charge in [-0.15, -0.1) is 0 Å². The Morgan fingerprint density at radius 3 is 2.31 bits per heavy atom. The lowest BCUT2D eigenvalue weighted by Gasteiger charge is -2.10. The van der Waals surface area contributed by atoms with Gasteiger partial charge in [0, 0.05) is 29.5 Å². The van der Waals surface area contributed by atoms with E-state index in [-0.39, 0.29) is 0 Å². The molecule has 0 saturated carbocycles. The lowest BCUT2D eigenvalue weighted by Crippen LogP contribution is -1.97. The van der Waals surface area contributed by atoms with Crippen molar-refractivity contribution in [3.05, 3.63) is 36.4 Å². The smallest absolute Gasteiger partial charge is 0.0418 e. The molecule has 0 aliphatic rings. The van der Waals surface area contributed by atoms with Gasteiger partial charge in [-0.3, -0.25) is 0 Å². The Hall–Kier alpha value is -1.70. The first-order valence-corrected chi connectivity index (χ1v) is 4.09. The van der Waals surface area contributed by atoms with E-state index in [1.807, 2.05) is 19.2 Å². The SMILES string of the molecule is C=Cc1c(N)ccc(NC)c1C=C. The Bertz CT molecular complexity index is 340. The summed E-state index contributed by atoms with van der Waals surface area (Å²) in [4.78, 5) is 0. The third-order valence-corrected chi connectivity index (χ3v) is 2.00. The van der Waals surface area contributed by atoms with Crippen molar-refractivity contribution in [3.63, 3.8) is 0 Å². The molecule has 0 spiro atoms. The minimum atomic E-state index is 0.726. The zero-order valence-corrected chi connectivity index (χ0v) is 7.80. The van der Waals surface area contributed by atoms with Gasteiger partial charge in [0.15, 0.2) is 0 Å². The lowest BCUT2D eigenvalue weighted by molar-refractivity contribution is 1.48. The molecule has 0 unspecified atom stereocenters. The Balaban J connectivity index is 3.44. The minimum absolute atomic E-state index is 0.726. The molecule has 1 rings (SSSR count). The fourth-order valence-electron chi connectivity index (χ4n) is 1.32. The van der Waals surface area contributed by atoms with E-state index in [4.69, 9.17) is 5.73 Å². The van der Waals surface area contributed by atoms with Crippen molar-refractivity contribution in [1.82, 2.24) is 0 Å². The predicted molar refractivity (Wildman–Crippen MR) is 60.6 cm³/mol. The van der Waals surface area contributed by atoms with Crippen LogP contribution in [0, 0.1) is 0 Å². The molecule has 13 heavy (non-hydrogen) atoms. The quantitative estimate of drug-likeness (QED) is 0.691. The molecular weight excluding hydrogens is 160 g/mol. The third-order valence-electron chi connectivity index (χ3n) is 2.00. The molecular formula is C11H14N2. The molecule has 0 aliphatic heterocycles. The standard InChI is InChI=1S/C11H14N2/c1-4-8-9(5-2)11(13-3)7-6-10(8)12/h4-7,13H,1-2,12H2,3H3. The van der Waals surface area contributed by atoms with Crippen LogP contribution in [0.1, 0.15) is 11.1 Å². The number of nitrogen functional groups attached to an aromatic ring is 1. The number of benzene rings is 1. The fourth-order valence-corrected chi connectivity index (χ4v) is 1.32. The van der Waals surface area contributed by atoms with Crippen molar-refractivity contribution in [3.8, 4) is 0 Å². The maximum Gasteiger partial charge on any atom is 0.0418 e. The van der Waals surface area contributed by atoms with Crippen LogP contribution in [0.15, 0.2) is 25.3 Å². The summed E-state index contributed by atoms with van der Waals surface area (Å²) in [7, 11) is 1.87.